The quantitative estimate of drug-likeness (QED) is 0.655. The third kappa shape index (κ3) is 5.92. The first-order valence-corrected chi connectivity index (χ1v) is 10.3. The first-order valence-electron chi connectivity index (χ1n) is 9.15. The number of hydrogen-bond donors (Lipinski definition) is 2. The fourth-order valence-electron chi connectivity index (χ4n) is 2.81. The molecule has 2 aromatic rings. The topological polar surface area (TPSA) is 79.9 Å². The lowest BCUT2D eigenvalue weighted by atomic mass is 10.2. The number of anilines is 2. The van der Waals surface area contributed by atoms with Gasteiger partial charge in [-0.3, -0.25) is 14.5 Å². The second-order valence-corrected chi connectivity index (χ2v) is 7.92. The third-order valence-corrected chi connectivity index (χ3v) is 5.11. The average Bonchev–Trinajstić information content (AvgIpc) is 2.89. The van der Waals surface area contributed by atoms with Crippen LogP contribution in [0.2, 0.25) is 15.1 Å². The van der Waals surface area contributed by atoms with Crippen LogP contribution in [-0.2, 0) is 9.59 Å². The first-order chi connectivity index (χ1) is 14.3. The van der Waals surface area contributed by atoms with E-state index in [4.69, 9.17) is 44.3 Å². The van der Waals surface area contributed by atoms with Gasteiger partial charge < -0.3 is 20.1 Å². The summed E-state index contributed by atoms with van der Waals surface area (Å²) >= 11 is 18.3. The van der Waals surface area contributed by atoms with Crippen molar-refractivity contribution < 1.29 is 19.1 Å². The maximum Gasteiger partial charge on any atom is 0.238 e. The van der Waals surface area contributed by atoms with Gasteiger partial charge >= 0.3 is 0 Å². The van der Waals surface area contributed by atoms with Crippen molar-refractivity contribution >= 4 is 58.0 Å². The molecule has 160 valence electrons. The molecule has 0 bridgehead atoms. The number of benzene rings is 2. The number of likely N-dealkylation sites (N-methyl/N-ethyl adjacent to an activating group) is 1. The van der Waals surface area contributed by atoms with Crippen molar-refractivity contribution in [1.82, 2.24) is 4.90 Å². The number of nitrogens with zero attached hydrogens (tertiary/aromatic N) is 1. The molecule has 0 saturated carbocycles. The van der Waals surface area contributed by atoms with Gasteiger partial charge in [-0.05, 0) is 19.2 Å². The van der Waals surface area contributed by atoms with Crippen LogP contribution in [0.5, 0.6) is 11.5 Å². The highest BCUT2D eigenvalue weighted by Crippen LogP contribution is 2.37. The summed E-state index contributed by atoms with van der Waals surface area (Å²) < 4.78 is 11.2. The van der Waals surface area contributed by atoms with Gasteiger partial charge in [0.2, 0.25) is 11.8 Å². The Balaban J connectivity index is 1.56. The zero-order chi connectivity index (χ0) is 21.7. The van der Waals surface area contributed by atoms with E-state index in [0.717, 1.165) is 6.42 Å². The van der Waals surface area contributed by atoms with Crippen molar-refractivity contribution in [3.8, 4) is 11.5 Å². The molecule has 10 heteroatoms. The van der Waals surface area contributed by atoms with E-state index in [2.05, 4.69) is 10.6 Å². The summed E-state index contributed by atoms with van der Waals surface area (Å²) in [6.45, 7) is 0.995. The molecule has 3 rings (SSSR count). The molecule has 2 amide bonds. The monoisotopic (exact) mass is 471 g/mol. The number of amides is 2. The number of rotatable bonds is 6. The minimum absolute atomic E-state index is 0.0333. The predicted molar refractivity (Wildman–Crippen MR) is 118 cm³/mol. The van der Waals surface area contributed by atoms with Crippen LogP contribution in [0.4, 0.5) is 11.4 Å². The van der Waals surface area contributed by atoms with Gasteiger partial charge in [-0.25, -0.2) is 0 Å². The molecule has 0 aliphatic carbocycles. The number of halogens is 3. The molecule has 0 fully saturated rings. The van der Waals surface area contributed by atoms with Crippen LogP contribution in [0, 0.1) is 0 Å². The summed E-state index contributed by atoms with van der Waals surface area (Å²) in [6.07, 6.45) is 0.764. The molecular formula is C20H20Cl3N3O4. The molecule has 7 nitrogen and oxygen atoms in total. The Labute approximate surface area is 189 Å². The molecule has 1 aliphatic rings. The van der Waals surface area contributed by atoms with Gasteiger partial charge in [0.15, 0.2) is 11.5 Å². The number of ether oxygens (including phenoxy) is 2. The van der Waals surface area contributed by atoms with Crippen LogP contribution >= 0.6 is 34.8 Å². The summed E-state index contributed by atoms with van der Waals surface area (Å²) in [5.41, 5.74) is 0.745. The fourth-order valence-corrected chi connectivity index (χ4v) is 3.50. The molecule has 2 aromatic carbocycles. The molecule has 0 saturated heterocycles. The highest BCUT2D eigenvalue weighted by Gasteiger charge is 2.17. The van der Waals surface area contributed by atoms with Crippen molar-refractivity contribution in [2.45, 2.75) is 6.42 Å². The number of hydrogen-bond acceptors (Lipinski definition) is 5. The maximum atomic E-state index is 12.4. The zero-order valence-corrected chi connectivity index (χ0v) is 18.4. The van der Waals surface area contributed by atoms with E-state index in [1.165, 1.54) is 0 Å². The van der Waals surface area contributed by atoms with E-state index in [-0.39, 0.29) is 24.9 Å². The summed E-state index contributed by atoms with van der Waals surface area (Å²) in [4.78, 5) is 26.2. The van der Waals surface area contributed by atoms with E-state index in [9.17, 15) is 9.59 Å². The Hall–Kier alpha value is -2.19. The van der Waals surface area contributed by atoms with Gasteiger partial charge in [0, 0.05) is 18.6 Å². The van der Waals surface area contributed by atoms with E-state index < -0.39 is 0 Å². The van der Waals surface area contributed by atoms with Gasteiger partial charge in [-0.1, -0.05) is 40.9 Å². The highest BCUT2D eigenvalue weighted by molar-refractivity contribution is 6.39. The number of fused-ring (bicyclic) bond motifs is 1. The number of carbonyl (C=O) groups excluding carboxylic acids is 2. The molecule has 0 spiro atoms. The standard InChI is InChI=1S/C20H20Cl3N3O4/c1-26(11-19(28)25-20-12(21)4-2-5-13(20)22)10-18(27)24-15-9-17-16(8-14(15)23)29-6-3-7-30-17/h2,4-5,8-9H,3,6-7,10-11H2,1H3,(H,24,27)(H,25,28). The minimum Gasteiger partial charge on any atom is -0.490 e. The molecule has 2 N–H and O–H groups in total. The molecule has 30 heavy (non-hydrogen) atoms. The summed E-state index contributed by atoms with van der Waals surface area (Å²) in [7, 11) is 1.64. The largest absolute Gasteiger partial charge is 0.490 e. The SMILES string of the molecule is CN(CC(=O)Nc1cc2c(cc1Cl)OCCCO2)CC(=O)Nc1c(Cl)cccc1Cl. The number of para-hydroxylation sites is 1. The van der Waals surface area contributed by atoms with Crippen molar-refractivity contribution in [2.75, 3.05) is 44.0 Å². The van der Waals surface area contributed by atoms with Gasteiger partial charge in [0.05, 0.1) is 52.7 Å². The van der Waals surface area contributed by atoms with E-state index in [0.29, 0.717) is 51.2 Å². The van der Waals surface area contributed by atoms with E-state index in [1.54, 1.807) is 42.3 Å². The summed E-state index contributed by atoms with van der Waals surface area (Å²) in [6, 6.07) is 8.18. The van der Waals surface area contributed by atoms with Crippen LogP contribution in [0.15, 0.2) is 30.3 Å². The molecule has 0 unspecified atom stereocenters. The minimum atomic E-state index is -0.353. The number of nitrogens with one attached hydrogen (secondary N) is 2. The Morgan fingerprint density at radius 1 is 0.933 bits per heavy atom. The fraction of sp³-hybridized carbons (Fsp3) is 0.300. The van der Waals surface area contributed by atoms with Gasteiger partial charge in [0.25, 0.3) is 0 Å². The molecule has 0 aromatic heterocycles. The van der Waals surface area contributed by atoms with Crippen LogP contribution in [-0.4, -0.2) is 50.1 Å². The second kappa shape index (κ2) is 10.2. The molecule has 0 radical (unpaired) electrons. The van der Waals surface area contributed by atoms with Crippen molar-refractivity contribution in [2.24, 2.45) is 0 Å². The zero-order valence-electron chi connectivity index (χ0n) is 16.1. The van der Waals surface area contributed by atoms with Crippen molar-refractivity contribution in [3.63, 3.8) is 0 Å². The molecule has 1 heterocycles. The van der Waals surface area contributed by atoms with Crippen molar-refractivity contribution in [1.29, 1.82) is 0 Å². The number of carbonyl (C=O) groups is 2. The third-order valence-electron chi connectivity index (χ3n) is 4.17. The first kappa shape index (κ1) is 22.5. The Morgan fingerprint density at radius 3 is 2.13 bits per heavy atom. The van der Waals surface area contributed by atoms with Crippen LogP contribution in [0.1, 0.15) is 6.42 Å². The lowest BCUT2D eigenvalue weighted by Gasteiger charge is -2.17. The Bertz CT molecular complexity index is 935. The second-order valence-electron chi connectivity index (χ2n) is 6.69. The maximum absolute atomic E-state index is 12.4. The lowest BCUT2D eigenvalue weighted by Crippen LogP contribution is -2.36. The molecular weight excluding hydrogens is 453 g/mol. The summed E-state index contributed by atoms with van der Waals surface area (Å²) in [5.74, 6) is 0.380. The van der Waals surface area contributed by atoms with Gasteiger partial charge in [0.1, 0.15) is 0 Å². The van der Waals surface area contributed by atoms with Crippen LogP contribution in [0.25, 0.3) is 0 Å². The van der Waals surface area contributed by atoms with E-state index in [1.807, 2.05) is 0 Å². The molecule has 1 aliphatic heterocycles. The summed E-state index contributed by atoms with van der Waals surface area (Å²) in [5, 5.41) is 6.39. The van der Waals surface area contributed by atoms with Gasteiger partial charge in [-0.15, -0.1) is 0 Å². The van der Waals surface area contributed by atoms with Crippen LogP contribution in [0.3, 0.4) is 0 Å². The average molecular weight is 473 g/mol. The predicted octanol–water partition coefficient (Wildman–Crippen LogP) is 4.32. The lowest BCUT2D eigenvalue weighted by molar-refractivity contribution is -0.119. The Kier molecular flexibility index (Phi) is 7.66. The molecule has 0 atom stereocenters. The van der Waals surface area contributed by atoms with Crippen molar-refractivity contribution in [3.05, 3.63) is 45.4 Å². The van der Waals surface area contributed by atoms with E-state index >= 15 is 0 Å². The van der Waals surface area contributed by atoms with Gasteiger partial charge in [-0.2, -0.15) is 0 Å². The smallest absolute Gasteiger partial charge is 0.238 e. The van der Waals surface area contributed by atoms with Crippen LogP contribution < -0.4 is 20.1 Å². The highest BCUT2D eigenvalue weighted by atomic mass is 35.5. The Morgan fingerprint density at radius 2 is 1.50 bits per heavy atom. The normalized spacial score (nSPS) is 13.0.